The van der Waals surface area contributed by atoms with E-state index in [-0.39, 0.29) is 0 Å². The summed E-state index contributed by atoms with van der Waals surface area (Å²) in [6.07, 6.45) is 3.07. The summed E-state index contributed by atoms with van der Waals surface area (Å²) in [6, 6.07) is 33.7. The van der Waals surface area contributed by atoms with Gasteiger partial charge in [0.15, 0.2) is 0 Å². The molecule has 0 aliphatic carbocycles. The molecule has 164 valence electrons. The van der Waals surface area contributed by atoms with Crippen LogP contribution < -0.4 is 9.47 Å². The first-order valence-electron chi connectivity index (χ1n) is 11.1. The number of fused-ring (bicyclic) bond motifs is 7. The normalized spacial score (nSPS) is 13.1. The molecule has 0 atom stereocenters. The molecular weight excluding hydrogens is 424 g/mol. The van der Waals surface area contributed by atoms with Crippen LogP contribution in [-0.4, -0.2) is 12.4 Å². The molecule has 0 saturated heterocycles. The largest absolute Gasteiger partial charge is 0.422 e. The van der Waals surface area contributed by atoms with Gasteiger partial charge in [-0.15, -0.1) is 0 Å². The lowest BCUT2D eigenvalue weighted by Gasteiger charge is -2.17. The van der Waals surface area contributed by atoms with Crippen molar-refractivity contribution in [1.82, 2.24) is 0 Å². The number of hydrogen-bond donors (Lipinski definition) is 0. The minimum Gasteiger partial charge on any atom is -0.422 e. The van der Waals surface area contributed by atoms with Crippen molar-refractivity contribution in [2.45, 2.75) is 6.48 Å². The second kappa shape index (κ2) is 8.41. The van der Waals surface area contributed by atoms with Crippen LogP contribution in [0.4, 0.5) is 0 Å². The van der Waals surface area contributed by atoms with Crippen LogP contribution in [0.2, 0.25) is 0 Å². The van der Waals surface area contributed by atoms with Crippen LogP contribution in [0.3, 0.4) is 0 Å². The van der Waals surface area contributed by atoms with Crippen LogP contribution in [0, 0.1) is 0 Å². The molecule has 1 aliphatic rings. The number of esters is 1. The molecule has 1 aliphatic heterocycles. The smallest absolute Gasteiger partial charge is 0.408 e. The molecule has 0 bridgehead atoms. The van der Waals surface area contributed by atoms with Gasteiger partial charge in [0.2, 0.25) is 0 Å². The summed E-state index contributed by atoms with van der Waals surface area (Å²) >= 11 is 0. The van der Waals surface area contributed by atoms with Gasteiger partial charge in [0.05, 0.1) is 0 Å². The van der Waals surface area contributed by atoms with Crippen molar-refractivity contribution in [3.63, 3.8) is 0 Å². The average molecular weight is 444 g/mol. The monoisotopic (exact) mass is 444 g/mol. The molecule has 0 fully saturated rings. The van der Waals surface area contributed by atoms with Crippen LogP contribution in [0.25, 0.3) is 38.7 Å². The van der Waals surface area contributed by atoms with E-state index in [1.165, 1.54) is 6.08 Å². The highest BCUT2D eigenvalue weighted by atomic mass is 16.9. The minimum atomic E-state index is -1.23. The lowest BCUT2D eigenvalue weighted by molar-refractivity contribution is -0.200. The van der Waals surface area contributed by atoms with Crippen LogP contribution in [0.15, 0.2) is 109 Å². The van der Waals surface area contributed by atoms with Crippen molar-refractivity contribution in [2.24, 2.45) is 0 Å². The van der Waals surface area contributed by atoms with E-state index in [1.54, 1.807) is 6.08 Å². The maximum absolute atomic E-state index is 12.6. The molecule has 6 rings (SSSR count). The van der Waals surface area contributed by atoms with Gasteiger partial charge in [-0.2, -0.15) is 0 Å². The zero-order valence-electron chi connectivity index (χ0n) is 18.2. The van der Waals surface area contributed by atoms with Crippen LogP contribution >= 0.6 is 0 Å². The van der Waals surface area contributed by atoms with Crippen LogP contribution in [-0.2, 0) is 9.53 Å². The average Bonchev–Trinajstić information content (AvgIpc) is 3.04. The molecule has 0 radical (unpaired) electrons. The highest BCUT2D eigenvalue weighted by molar-refractivity contribution is 6.09. The second-order valence-corrected chi connectivity index (χ2v) is 8.02. The molecule has 4 heteroatoms. The fourth-order valence-corrected chi connectivity index (χ4v) is 4.36. The van der Waals surface area contributed by atoms with Gasteiger partial charge in [-0.1, -0.05) is 91.0 Å². The third-order valence-electron chi connectivity index (χ3n) is 5.90. The highest BCUT2D eigenvalue weighted by Crippen LogP contribution is 2.47. The third-order valence-corrected chi connectivity index (χ3v) is 5.90. The maximum atomic E-state index is 12.6. The predicted octanol–water partition coefficient (Wildman–Crippen LogP) is 6.97. The van der Waals surface area contributed by atoms with E-state index in [0.29, 0.717) is 11.5 Å². The van der Waals surface area contributed by atoms with Crippen molar-refractivity contribution in [3.05, 3.63) is 115 Å². The molecule has 0 saturated carbocycles. The highest BCUT2D eigenvalue weighted by Gasteiger charge is 2.28. The predicted molar refractivity (Wildman–Crippen MR) is 134 cm³/mol. The van der Waals surface area contributed by atoms with E-state index in [9.17, 15) is 4.79 Å². The summed E-state index contributed by atoms with van der Waals surface area (Å²) in [5, 5.41) is 4.25. The molecule has 0 aromatic heterocycles. The van der Waals surface area contributed by atoms with E-state index >= 15 is 0 Å². The van der Waals surface area contributed by atoms with Crippen molar-refractivity contribution in [3.8, 4) is 22.6 Å². The fraction of sp³-hybridized carbons (Fsp3) is 0.0333. The molecular formula is C30H20O4. The van der Waals surface area contributed by atoms with Gasteiger partial charge in [-0.25, -0.2) is 4.79 Å². The topological polar surface area (TPSA) is 44.8 Å². The Kier molecular flexibility index (Phi) is 4.96. The van der Waals surface area contributed by atoms with Crippen molar-refractivity contribution in [1.29, 1.82) is 0 Å². The van der Waals surface area contributed by atoms with Gasteiger partial charge >= 0.3 is 12.4 Å². The summed E-state index contributed by atoms with van der Waals surface area (Å²) in [7, 11) is 0. The SMILES string of the molecule is O=C(/C=C/c1ccccc1)OC1Oc2ccc3ccccc3c2-c2c(ccc3ccccc23)O1. The quantitative estimate of drug-likeness (QED) is 0.223. The van der Waals surface area contributed by atoms with E-state index in [4.69, 9.17) is 14.2 Å². The Morgan fingerprint density at radius 2 is 1.18 bits per heavy atom. The first kappa shape index (κ1) is 20.1. The van der Waals surface area contributed by atoms with E-state index in [1.807, 2.05) is 78.9 Å². The Bertz CT molecular complexity index is 1470. The minimum absolute atomic E-state index is 0.555. The van der Waals surface area contributed by atoms with Gasteiger partial charge in [0.25, 0.3) is 0 Å². The summed E-state index contributed by atoms with van der Waals surface area (Å²) in [5.74, 6) is 0.637. The van der Waals surface area contributed by atoms with Crippen molar-refractivity contribution < 1.29 is 19.0 Å². The van der Waals surface area contributed by atoms with Crippen molar-refractivity contribution >= 4 is 33.6 Å². The lowest BCUT2D eigenvalue weighted by atomic mass is 9.92. The molecule has 0 unspecified atom stereocenters. The first-order chi connectivity index (χ1) is 16.8. The number of ether oxygens (including phenoxy) is 3. The number of carbonyl (C=O) groups is 1. The molecule has 0 spiro atoms. The molecule has 5 aromatic carbocycles. The summed E-state index contributed by atoms with van der Waals surface area (Å²) in [5.41, 5.74) is 2.74. The van der Waals surface area contributed by atoms with Crippen LogP contribution in [0.1, 0.15) is 5.56 Å². The number of hydrogen-bond acceptors (Lipinski definition) is 4. The molecule has 0 amide bonds. The number of rotatable bonds is 3. The fourth-order valence-electron chi connectivity index (χ4n) is 4.36. The van der Waals surface area contributed by atoms with Gasteiger partial charge in [-0.05, 0) is 45.3 Å². The molecule has 1 heterocycles. The molecule has 34 heavy (non-hydrogen) atoms. The molecule has 5 aromatic rings. The Morgan fingerprint density at radius 1 is 0.647 bits per heavy atom. The van der Waals surface area contributed by atoms with E-state index in [0.717, 1.165) is 38.2 Å². The van der Waals surface area contributed by atoms with Gasteiger partial charge in [-0.3, -0.25) is 0 Å². The Hall–Kier alpha value is -4.57. The second-order valence-electron chi connectivity index (χ2n) is 8.02. The van der Waals surface area contributed by atoms with Gasteiger partial charge in [0.1, 0.15) is 11.5 Å². The zero-order chi connectivity index (χ0) is 22.9. The standard InChI is InChI=1S/C30H20O4/c31-27(19-14-20-8-2-1-3-9-20)34-30-32-25-17-15-21-10-4-6-12-23(21)28(25)29-24-13-7-5-11-22(24)16-18-26(29)33-30/h1-19,30H/b19-14+. The van der Waals surface area contributed by atoms with E-state index < -0.39 is 12.4 Å². The summed E-state index contributed by atoms with van der Waals surface area (Å²) in [4.78, 5) is 12.6. The van der Waals surface area contributed by atoms with Crippen molar-refractivity contribution in [2.75, 3.05) is 0 Å². The molecule has 0 N–H and O–H groups in total. The Morgan fingerprint density at radius 3 is 1.76 bits per heavy atom. The van der Waals surface area contributed by atoms with Gasteiger partial charge in [0, 0.05) is 17.2 Å². The summed E-state index contributed by atoms with van der Waals surface area (Å²) < 4.78 is 17.8. The van der Waals surface area contributed by atoms with Crippen LogP contribution in [0.5, 0.6) is 11.5 Å². The van der Waals surface area contributed by atoms with Gasteiger partial charge < -0.3 is 14.2 Å². The number of carbonyl (C=O) groups excluding carboxylic acids is 1. The third kappa shape index (κ3) is 3.65. The zero-order valence-corrected chi connectivity index (χ0v) is 18.2. The first-order valence-corrected chi connectivity index (χ1v) is 11.1. The maximum Gasteiger partial charge on any atom is 0.408 e. The Labute approximate surface area is 196 Å². The van der Waals surface area contributed by atoms with E-state index in [2.05, 4.69) is 24.3 Å². The lowest BCUT2D eigenvalue weighted by Crippen LogP contribution is -2.29. The number of benzene rings is 5. The Balaban J connectivity index is 1.44. The summed E-state index contributed by atoms with van der Waals surface area (Å²) in [6.45, 7) is -1.23. The molecule has 4 nitrogen and oxygen atoms in total.